The molecule has 2 aliphatic heterocycles. The Morgan fingerprint density at radius 2 is 2.00 bits per heavy atom. The summed E-state index contributed by atoms with van der Waals surface area (Å²) in [7, 11) is 0. The van der Waals surface area contributed by atoms with Crippen molar-refractivity contribution >= 4 is 17.5 Å². The zero-order valence-corrected chi connectivity index (χ0v) is 7.84. The Hall–Kier alpha value is -1.69. The van der Waals surface area contributed by atoms with Gasteiger partial charge >= 0.3 is 0 Å². The molecule has 0 aliphatic carbocycles. The van der Waals surface area contributed by atoms with Crippen LogP contribution in [0.5, 0.6) is 0 Å². The summed E-state index contributed by atoms with van der Waals surface area (Å²) in [5.41, 5.74) is 0.491. The van der Waals surface area contributed by atoms with Crippen LogP contribution in [0.1, 0.15) is 12.8 Å². The Bertz CT molecular complexity index is 392. The van der Waals surface area contributed by atoms with E-state index in [1.54, 1.807) is 0 Å². The maximum Gasteiger partial charge on any atom is 0.263 e. The second kappa shape index (κ2) is 2.90. The number of imide groups is 1. The minimum Gasteiger partial charge on any atom is -0.355 e. The molecule has 2 aliphatic rings. The third kappa shape index (κ3) is 1.11. The number of amides is 2. The van der Waals surface area contributed by atoms with E-state index in [2.05, 4.69) is 10.2 Å². The molecule has 2 atom stereocenters. The van der Waals surface area contributed by atoms with Crippen molar-refractivity contribution in [1.82, 2.24) is 10.2 Å². The molecule has 1 aromatic rings. The number of aromatic amines is 1. The number of aromatic nitrogens is 2. The lowest BCUT2D eigenvalue weighted by molar-refractivity contribution is -0.146. The zero-order valence-electron chi connectivity index (χ0n) is 7.84. The summed E-state index contributed by atoms with van der Waals surface area (Å²) < 4.78 is 5.28. The molecule has 0 aromatic carbocycles. The standard InChI is InChI=1S/C9H9N3O3/c13-8-6-1-2-7(15-6)9(14)12(8)5-3-10-11-4-5/h3-4,6-7H,1-2H2,(H,10,11). The minimum atomic E-state index is -0.456. The number of carbonyl (C=O) groups is 2. The highest BCUT2D eigenvalue weighted by molar-refractivity contribution is 6.19. The Morgan fingerprint density at radius 1 is 1.33 bits per heavy atom. The molecule has 78 valence electrons. The molecule has 15 heavy (non-hydrogen) atoms. The molecule has 6 heteroatoms. The molecule has 2 bridgehead atoms. The first kappa shape index (κ1) is 8.60. The fraction of sp³-hybridized carbons (Fsp3) is 0.444. The van der Waals surface area contributed by atoms with Gasteiger partial charge in [-0.2, -0.15) is 5.10 Å². The molecule has 1 aromatic heterocycles. The summed E-state index contributed by atoms with van der Waals surface area (Å²) in [6.45, 7) is 0. The molecule has 0 saturated carbocycles. The second-order valence-electron chi connectivity index (χ2n) is 3.66. The molecular weight excluding hydrogens is 198 g/mol. The maximum atomic E-state index is 11.8. The van der Waals surface area contributed by atoms with Gasteiger partial charge in [-0.15, -0.1) is 0 Å². The third-order valence-electron chi connectivity index (χ3n) is 2.75. The minimum absolute atomic E-state index is 0.282. The first-order chi connectivity index (χ1) is 7.27. The highest BCUT2D eigenvalue weighted by Crippen LogP contribution is 2.30. The Labute approximate surface area is 85.2 Å². The Balaban J connectivity index is 2.01. The van der Waals surface area contributed by atoms with Gasteiger partial charge in [-0.05, 0) is 12.8 Å². The van der Waals surface area contributed by atoms with Crippen LogP contribution in [0.25, 0.3) is 0 Å². The number of hydrogen-bond donors (Lipinski definition) is 1. The smallest absolute Gasteiger partial charge is 0.263 e. The van der Waals surface area contributed by atoms with Crippen LogP contribution in [0.4, 0.5) is 5.69 Å². The summed E-state index contributed by atoms with van der Waals surface area (Å²) in [6.07, 6.45) is 3.33. The largest absolute Gasteiger partial charge is 0.355 e. The number of ether oxygens (including phenoxy) is 1. The first-order valence-corrected chi connectivity index (χ1v) is 4.79. The number of rotatable bonds is 1. The highest BCUT2D eigenvalue weighted by Gasteiger charge is 2.47. The van der Waals surface area contributed by atoms with Crippen molar-refractivity contribution in [3.63, 3.8) is 0 Å². The zero-order chi connectivity index (χ0) is 10.4. The number of hydrogen-bond acceptors (Lipinski definition) is 4. The maximum absolute atomic E-state index is 11.8. The number of nitrogens with zero attached hydrogens (tertiary/aromatic N) is 2. The van der Waals surface area contributed by atoms with Gasteiger partial charge in [0.05, 0.1) is 11.9 Å². The number of H-pyrrole nitrogens is 1. The molecule has 0 spiro atoms. The number of nitrogens with one attached hydrogen (secondary N) is 1. The predicted molar refractivity (Wildman–Crippen MR) is 49.0 cm³/mol. The lowest BCUT2D eigenvalue weighted by atomic mass is 10.2. The van der Waals surface area contributed by atoms with Crippen molar-refractivity contribution in [2.24, 2.45) is 0 Å². The number of anilines is 1. The van der Waals surface area contributed by atoms with Crippen molar-refractivity contribution in [2.45, 2.75) is 25.0 Å². The van der Waals surface area contributed by atoms with Gasteiger partial charge < -0.3 is 4.74 Å². The molecule has 0 radical (unpaired) electrons. The molecule has 2 saturated heterocycles. The SMILES string of the molecule is O=C1C2CCC(O2)C(=O)N1c1cn[nH]c1. The van der Waals surface area contributed by atoms with Crippen LogP contribution in [0.3, 0.4) is 0 Å². The van der Waals surface area contributed by atoms with Crippen LogP contribution in [-0.4, -0.2) is 34.2 Å². The van der Waals surface area contributed by atoms with Crippen molar-refractivity contribution in [1.29, 1.82) is 0 Å². The lowest BCUT2D eigenvalue weighted by Crippen LogP contribution is -2.51. The molecule has 1 N–H and O–H groups in total. The van der Waals surface area contributed by atoms with Crippen molar-refractivity contribution in [3.8, 4) is 0 Å². The molecule has 3 rings (SSSR count). The molecule has 2 amide bonds. The quantitative estimate of drug-likeness (QED) is 0.649. The Morgan fingerprint density at radius 3 is 2.53 bits per heavy atom. The van der Waals surface area contributed by atoms with Gasteiger partial charge in [-0.25, -0.2) is 4.90 Å². The summed E-state index contributed by atoms with van der Waals surface area (Å²) >= 11 is 0. The fourth-order valence-corrected chi connectivity index (χ4v) is 2.02. The van der Waals surface area contributed by atoms with Crippen molar-refractivity contribution in [3.05, 3.63) is 12.4 Å². The monoisotopic (exact) mass is 207 g/mol. The summed E-state index contributed by atoms with van der Waals surface area (Å²) in [6, 6.07) is 0. The van der Waals surface area contributed by atoms with E-state index in [-0.39, 0.29) is 11.8 Å². The van der Waals surface area contributed by atoms with Crippen LogP contribution < -0.4 is 4.90 Å². The highest BCUT2D eigenvalue weighted by atomic mass is 16.5. The normalized spacial score (nSPS) is 30.0. The molecule has 2 fully saturated rings. The van der Waals surface area contributed by atoms with Gasteiger partial charge in [0.15, 0.2) is 0 Å². The van der Waals surface area contributed by atoms with E-state index < -0.39 is 12.2 Å². The van der Waals surface area contributed by atoms with Crippen LogP contribution >= 0.6 is 0 Å². The van der Waals surface area contributed by atoms with Crippen LogP contribution in [0, 0.1) is 0 Å². The van der Waals surface area contributed by atoms with Gasteiger partial charge in [0.2, 0.25) is 0 Å². The average molecular weight is 207 g/mol. The lowest BCUT2D eigenvalue weighted by Gasteiger charge is -2.28. The van der Waals surface area contributed by atoms with E-state index in [9.17, 15) is 9.59 Å². The van der Waals surface area contributed by atoms with E-state index in [4.69, 9.17) is 4.74 Å². The van der Waals surface area contributed by atoms with Gasteiger partial charge in [0, 0.05) is 6.20 Å². The van der Waals surface area contributed by atoms with Crippen LogP contribution in [-0.2, 0) is 14.3 Å². The molecule has 2 unspecified atom stereocenters. The van der Waals surface area contributed by atoms with Crippen LogP contribution in [0.15, 0.2) is 12.4 Å². The third-order valence-corrected chi connectivity index (χ3v) is 2.75. The second-order valence-corrected chi connectivity index (χ2v) is 3.66. The van der Waals surface area contributed by atoms with Gasteiger partial charge in [0.1, 0.15) is 12.2 Å². The summed E-state index contributed by atoms with van der Waals surface area (Å²) in [4.78, 5) is 24.8. The number of carbonyl (C=O) groups excluding carboxylic acids is 2. The first-order valence-electron chi connectivity index (χ1n) is 4.79. The number of fused-ring (bicyclic) bond motifs is 2. The average Bonchev–Trinajstić information content (AvgIpc) is 2.86. The van der Waals surface area contributed by atoms with E-state index in [0.29, 0.717) is 18.5 Å². The van der Waals surface area contributed by atoms with Gasteiger partial charge in [-0.3, -0.25) is 14.7 Å². The van der Waals surface area contributed by atoms with E-state index >= 15 is 0 Å². The molecular formula is C9H9N3O3. The van der Waals surface area contributed by atoms with Crippen molar-refractivity contribution < 1.29 is 14.3 Å². The van der Waals surface area contributed by atoms with Crippen LogP contribution in [0.2, 0.25) is 0 Å². The van der Waals surface area contributed by atoms with E-state index in [0.717, 1.165) is 4.90 Å². The Kier molecular flexibility index (Phi) is 1.66. The fourth-order valence-electron chi connectivity index (χ4n) is 2.02. The van der Waals surface area contributed by atoms with E-state index in [1.807, 2.05) is 0 Å². The topological polar surface area (TPSA) is 75.3 Å². The number of morpholine rings is 1. The summed E-state index contributed by atoms with van der Waals surface area (Å²) in [5, 5.41) is 6.31. The predicted octanol–water partition coefficient (Wildman–Crippen LogP) is -0.170. The van der Waals surface area contributed by atoms with Gasteiger partial charge in [0.25, 0.3) is 11.8 Å². The van der Waals surface area contributed by atoms with Crippen molar-refractivity contribution in [2.75, 3.05) is 4.90 Å². The molecule has 6 nitrogen and oxygen atoms in total. The molecule has 3 heterocycles. The van der Waals surface area contributed by atoms with E-state index in [1.165, 1.54) is 12.4 Å². The van der Waals surface area contributed by atoms with Gasteiger partial charge in [-0.1, -0.05) is 0 Å². The summed E-state index contributed by atoms with van der Waals surface area (Å²) in [5.74, 6) is -0.565.